The zero-order valence-corrected chi connectivity index (χ0v) is 12.1. The third kappa shape index (κ3) is 4.84. The third-order valence-electron chi connectivity index (χ3n) is 3.29. The van der Waals surface area contributed by atoms with Crippen molar-refractivity contribution in [3.63, 3.8) is 0 Å². The van der Waals surface area contributed by atoms with E-state index < -0.39 is 36.0 Å². The van der Waals surface area contributed by atoms with Crippen molar-refractivity contribution < 1.29 is 24.9 Å². The number of hydrogen-bond donors (Lipinski definition) is 4. The van der Waals surface area contributed by atoms with Crippen LogP contribution in [0, 0.1) is 5.41 Å². The standard InChI is InChI=1S/C15H21NO5/c1-15(2,9-17)12(18)13(19)16-11(14(20)21)8-10-6-4-3-5-7-10/h3-7,11-12,17-18H,8-9H2,1-2H3,(H,16,19)(H,20,21)/t11-,12?/m0/s1. The number of carboxylic acids is 1. The zero-order valence-electron chi connectivity index (χ0n) is 12.1. The summed E-state index contributed by atoms with van der Waals surface area (Å²) in [5.41, 5.74) is -0.277. The van der Waals surface area contributed by atoms with Gasteiger partial charge in [-0.3, -0.25) is 4.79 Å². The summed E-state index contributed by atoms with van der Waals surface area (Å²) in [5.74, 6) is -1.99. The Hall–Kier alpha value is -1.92. The number of aliphatic hydroxyl groups excluding tert-OH is 2. The maximum absolute atomic E-state index is 11.9. The first-order chi connectivity index (χ1) is 9.77. The van der Waals surface area contributed by atoms with E-state index in [1.165, 1.54) is 13.8 Å². The van der Waals surface area contributed by atoms with Crippen molar-refractivity contribution in [2.45, 2.75) is 32.4 Å². The van der Waals surface area contributed by atoms with E-state index in [0.29, 0.717) is 0 Å². The second-order valence-electron chi connectivity index (χ2n) is 5.64. The Morgan fingerprint density at radius 3 is 2.29 bits per heavy atom. The van der Waals surface area contributed by atoms with Crippen LogP contribution in [-0.2, 0) is 16.0 Å². The predicted molar refractivity (Wildman–Crippen MR) is 76.6 cm³/mol. The molecular formula is C15H21NO5. The first-order valence-electron chi connectivity index (χ1n) is 6.64. The average Bonchev–Trinajstić information content (AvgIpc) is 2.46. The number of hydrogen-bond acceptors (Lipinski definition) is 4. The van der Waals surface area contributed by atoms with Gasteiger partial charge in [-0.05, 0) is 5.56 Å². The van der Waals surface area contributed by atoms with Gasteiger partial charge in [0.05, 0.1) is 6.61 Å². The van der Waals surface area contributed by atoms with E-state index in [0.717, 1.165) is 5.56 Å². The molecule has 1 unspecified atom stereocenters. The van der Waals surface area contributed by atoms with Crippen LogP contribution in [0.1, 0.15) is 19.4 Å². The molecule has 1 rings (SSSR count). The number of amides is 1. The lowest BCUT2D eigenvalue weighted by Crippen LogP contribution is -2.51. The van der Waals surface area contributed by atoms with Crippen LogP contribution in [0.2, 0.25) is 0 Å². The highest BCUT2D eigenvalue weighted by molar-refractivity contribution is 5.86. The Kier molecular flexibility index (Phi) is 5.87. The number of carboxylic acid groups (broad SMARTS) is 1. The number of carbonyl (C=O) groups is 2. The van der Waals surface area contributed by atoms with Gasteiger partial charge in [0.25, 0.3) is 0 Å². The van der Waals surface area contributed by atoms with E-state index in [2.05, 4.69) is 5.32 Å². The van der Waals surface area contributed by atoms with Gasteiger partial charge in [-0.25, -0.2) is 4.79 Å². The predicted octanol–water partition coefficient (Wildman–Crippen LogP) is 0.178. The third-order valence-corrected chi connectivity index (χ3v) is 3.29. The van der Waals surface area contributed by atoms with E-state index >= 15 is 0 Å². The number of carbonyl (C=O) groups excluding carboxylic acids is 1. The zero-order chi connectivity index (χ0) is 16.0. The number of benzene rings is 1. The molecule has 0 heterocycles. The summed E-state index contributed by atoms with van der Waals surface area (Å²) in [6.45, 7) is 2.65. The number of aliphatic hydroxyl groups is 2. The maximum atomic E-state index is 11.9. The van der Waals surface area contributed by atoms with Crippen LogP contribution in [0.4, 0.5) is 0 Å². The molecule has 1 aromatic rings. The van der Waals surface area contributed by atoms with Crippen LogP contribution in [0.25, 0.3) is 0 Å². The van der Waals surface area contributed by atoms with Crippen molar-refractivity contribution in [2.75, 3.05) is 6.61 Å². The summed E-state index contributed by atoms with van der Waals surface area (Å²) >= 11 is 0. The molecule has 0 spiro atoms. The Balaban J connectivity index is 2.75. The molecule has 21 heavy (non-hydrogen) atoms. The first-order valence-corrected chi connectivity index (χ1v) is 6.64. The number of rotatable bonds is 7. The van der Waals surface area contributed by atoms with Crippen LogP contribution in [-0.4, -0.2) is 45.9 Å². The van der Waals surface area contributed by atoms with E-state index in [-0.39, 0.29) is 6.42 Å². The van der Waals surface area contributed by atoms with Crippen LogP contribution in [0.15, 0.2) is 30.3 Å². The van der Waals surface area contributed by atoms with Gasteiger partial charge in [-0.15, -0.1) is 0 Å². The van der Waals surface area contributed by atoms with Gasteiger partial charge in [0.2, 0.25) is 5.91 Å². The molecule has 1 aromatic carbocycles. The van der Waals surface area contributed by atoms with Gasteiger partial charge in [0.15, 0.2) is 0 Å². The van der Waals surface area contributed by atoms with Gasteiger partial charge in [0, 0.05) is 11.8 Å². The van der Waals surface area contributed by atoms with E-state index in [1.54, 1.807) is 24.3 Å². The van der Waals surface area contributed by atoms with Crippen LogP contribution in [0.3, 0.4) is 0 Å². The molecule has 6 heteroatoms. The average molecular weight is 295 g/mol. The van der Waals surface area contributed by atoms with Crippen LogP contribution >= 0.6 is 0 Å². The second-order valence-corrected chi connectivity index (χ2v) is 5.64. The molecule has 4 N–H and O–H groups in total. The molecule has 0 aromatic heterocycles. The van der Waals surface area contributed by atoms with Crippen molar-refractivity contribution in [3.05, 3.63) is 35.9 Å². The van der Waals surface area contributed by atoms with Crippen molar-refractivity contribution >= 4 is 11.9 Å². The molecule has 116 valence electrons. The maximum Gasteiger partial charge on any atom is 0.326 e. The van der Waals surface area contributed by atoms with Gasteiger partial charge in [-0.2, -0.15) is 0 Å². The van der Waals surface area contributed by atoms with E-state index in [4.69, 9.17) is 5.11 Å². The largest absolute Gasteiger partial charge is 0.480 e. The van der Waals surface area contributed by atoms with Gasteiger partial charge < -0.3 is 20.6 Å². The van der Waals surface area contributed by atoms with Gasteiger partial charge in [-0.1, -0.05) is 44.2 Å². The molecule has 1 amide bonds. The van der Waals surface area contributed by atoms with E-state index in [1.807, 2.05) is 6.07 Å². The summed E-state index contributed by atoms with van der Waals surface area (Å²) in [7, 11) is 0. The number of nitrogens with one attached hydrogen (secondary N) is 1. The molecule has 0 aliphatic rings. The van der Waals surface area contributed by atoms with Crippen LogP contribution in [0.5, 0.6) is 0 Å². The highest BCUT2D eigenvalue weighted by atomic mass is 16.4. The molecular weight excluding hydrogens is 274 g/mol. The highest BCUT2D eigenvalue weighted by Gasteiger charge is 2.34. The fraction of sp³-hybridized carbons (Fsp3) is 0.467. The Labute approximate surface area is 123 Å². The first kappa shape index (κ1) is 17.1. The van der Waals surface area contributed by atoms with Crippen LogP contribution < -0.4 is 5.32 Å². The van der Waals surface area contributed by atoms with Crippen molar-refractivity contribution in [1.82, 2.24) is 5.32 Å². The molecule has 6 nitrogen and oxygen atoms in total. The minimum absolute atomic E-state index is 0.119. The molecule has 0 fully saturated rings. The molecule has 0 aliphatic carbocycles. The second kappa shape index (κ2) is 7.19. The fourth-order valence-electron chi connectivity index (χ4n) is 1.74. The smallest absolute Gasteiger partial charge is 0.326 e. The Bertz CT molecular complexity index is 486. The molecule has 2 atom stereocenters. The summed E-state index contributed by atoms with van der Waals surface area (Å²) < 4.78 is 0. The molecule has 0 saturated heterocycles. The molecule has 0 bridgehead atoms. The molecule has 0 aliphatic heterocycles. The van der Waals surface area contributed by atoms with Gasteiger partial charge in [0.1, 0.15) is 12.1 Å². The number of aliphatic carboxylic acids is 1. The lowest BCUT2D eigenvalue weighted by atomic mass is 9.87. The van der Waals surface area contributed by atoms with Crippen molar-refractivity contribution in [2.24, 2.45) is 5.41 Å². The molecule has 0 saturated carbocycles. The Morgan fingerprint density at radius 2 is 1.81 bits per heavy atom. The summed E-state index contributed by atoms with van der Waals surface area (Å²) in [5, 5.41) is 30.5. The summed E-state index contributed by atoms with van der Waals surface area (Å²) in [4.78, 5) is 23.2. The Morgan fingerprint density at radius 1 is 1.24 bits per heavy atom. The van der Waals surface area contributed by atoms with Crippen molar-refractivity contribution in [1.29, 1.82) is 0 Å². The highest BCUT2D eigenvalue weighted by Crippen LogP contribution is 2.19. The van der Waals surface area contributed by atoms with E-state index in [9.17, 15) is 19.8 Å². The minimum atomic E-state index is -1.49. The summed E-state index contributed by atoms with van der Waals surface area (Å²) in [6, 6.07) is 7.75. The lowest BCUT2D eigenvalue weighted by molar-refractivity contribution is -0.146. The quantitative estimate of drug-likeness (QED) is 0.574. The lowest BCUT2D eigenvalue weighted by Gasteiger charge is -2.28. The van der Waals surface area contributed by atoms with Gasteiger partial charge >= 0.3 is 5.97 Å². The normalized spacial score (nSPS) is 14.3. The SMILES string of the molecule is CC(C)(CO)C(O)C(=O)N[C@@H](Cc1ccccc1)C(=O)O. The summed E-state index contributed by atoms with van der Waals surface area (Å²) in [6.07, 6.45) is -1.37. The monoisotopic (exact) mass is 295 g/mol. The van der Waals surface area contributed by atoms with Crippen molar-refractivity contribution in [3.8, 4) is 0 Å². The topological polar surface area (TPSA) is 107 Å². The minimum Gasteiger partial charge on any atom is -0.480 e. The fourth-order valence-corrected chi connectivity index (χ4v) is 1.74. The molecule has 0 radical (unpaired) electrons.